The van der Waals surface area contributed by atoms with Gasteiger partial charge in [-0.25, -0.2) is 4.68 Å². The minimum atomic E-state index is -0.521. The average molecular weight is 566 g/mol. The molecule has 1 unspecified atom stereocenters. The second-order valence-electron chi connectivity index (χ2n) is 11.7. The van der Waals surface area contributed by atoms with Crippen LogP contribution in [0.2, 0.25) is 0 Å². The molecule has 0 saturated heterocycles. The summed E-state index contributed by atoms with van der Waals surface area (Å²) < 4.78 is 14.0. The fourth-order valence-corrected chi connectivity index (χ4v) is 5.11. The predicted molar refractivity (Wildman–Crippen MR) is 166 cm³/mol. The van der Waals surface area contributed by atoms with E-state index in [2.05, 4.69) is 65.8 Å². The molecule has 0 aliphatic carbocycles. The molecule has 8 nitrogen and oxygen atoms in total. The summed E-state index contributed by atoms with van der Waals surface area (Å²) in [6.07, 6.45) is 1.49. The van der Waals surface area contributed by atoms with E-state index in [1.165, 1.54) is 11.9 Å². The van der Waals surface area contributed by atoms with Gasteiger partial charge in [0.1, 0.15) is 19.0 Å². The summed E-state index contributed by atoms with van der Waals surface area (Å²) in [5, 5.41) is 10.8. The minimum Gasteiger partial charge on any atom is -0.490 e. The summed E-state index contributed by atoms with van der Waals surface area (Å²) in [4.78, 5) is 18.2. The van der Waals surface area contributed by atoms with Crippen LogP contribution in [-0.4, -0.2) is 27.3 Å². The molecular weight excluding hydrogens is 526 g/mol. The van der Waals surface area contributed by atoms with Crippen molar-refractivity contribution in [2.45, 2.75) is 66.5 Å². The number of nitrogens with zero attached hydrogens (tertiary/aromatic N) is 3. The fraction of sp³-hybridized carbons (Fsp3) is 0.324. The van der Waals surface area contributed by atoms with Gasteiger partial charge in [-0.2, -0.15) is 10.1 Å². The molecular formula is C34H39N5O3. The Labute approximate surface area is 247 Å². The lowest BCUT2D eigenvalue weighted by molar-refractivity contribution is -0.113. The van der Waals surface area contributed by atoms with Crippen LogP contribution in [0.3, 0.4) is 0 Å². The largest absolute Gasteiger partial charge is 0.490 e. The first-order valence-electron chi connectivity index (χ1n) is 14.3. The maximum atomic E-state index is 13.9. The van der Waals surface area contributed by atoms with Gasteiger partial charge in [0.25, 0.3) is 5.91 Å². The summed E-state index contributed by atoms with van der Waals surface area (Å²) in [6.45, 7) is 15.3. The molecule has 0 fully saturated rings. The number of amides is 1. The van der Waals surface area contributed by atoms with Crippen LogP contribution in [-0.2, 0) is 16.8 Å². The van der Waals surface area contributed by atoms with Gasteiger partial charge in [-0.05, 0) is 79.1 Å². The summed E-state index contributed by atoms with van der Waals surface area (Å²) in [5.74, 6) is 1.60. The molecule has 0 radical (unpaired) electrons. The van der Waals surface area contributed by atoms with E-state index in [0.29, 0.717) is 41.9 Å². The third kappa shape index (κ3) is 5.88. The molecule has 0 spiro atoms. The molecule has 0 bridgehead atoms. The lowest BCUT2D eigenvalue weighted by Crippen LogP contribution is -2.31. The molecule has 42 heavy (non-hydrogen) atoms. The van der Waals surface area contributed by atoms with Gasteiger partial charge in [-0.1, -0.05) is 63.2 Å². The Morgan fingerprint density at radius 3 is 2.48 bits per heavy atom. The number of nitrogens with one attached hydrogen (secondary N) is 2. The number of benzene rings is 3. The van der Waals surface area contributed by atoms with Gasteiger partial charge in [0.15, 0.2) is 11.5 Å². The molecule has 1 aromatic heterocycles. The molecule has 3 aromatic carbocycles. The number of carbonyl (C=O) groups excluding carboxylic acids is 1. The third-order valence-corrected chi connectivity index (χ3v) is 7.69. The van der Waals surface area contributed by atoms with Crippen molar-refractivity contribution in [3.63, 3.8) is 0 Å². The highest BCUT2D eigenvalue weighted by Gasteiger charge is 2.34. The van der Waals surface area contributed by atoms with Crippen LogP contribution >= 0.6 is 0 Å². The van der Waals surface area contributed by atoms with Gasteiger partial charge >= 0.3 is 0 Å². The molecule has 0 saturated carbocycles. The number of fused-ring (bicyclic) bond motifs is 1. The molecule has 2 N–H and O–H groups in total. The second kappa shape index (κ2) is 11.7. The zero-order valence-electron chi connectivity index (χ0n) is 25.4. The number of hydrogen-bond donors (Lipinski definition) is 2. The van der Waals surface area contributed by atoms with E-state index in [1.807, 2.05) is 64.1 Å². The van der Waals surface area contributed by atoms with E-state index in [1.54, 1.807) is 4.68 Å². The number of ether oxygens (including phenoxy) is 2. The van der Waals surface area contributed by atoms with Crippen molar-refractivity contribution >= 4 is 17.5 Å². The van der Waals surface area contributed by atoms with E-state index in [4.69, 9.17) is 9.47 Å². The average Bonchev–Trinajstić information content (AvgIpc) is 3.42. The number of aryl methyl sites for hydroxylation is 1. The van der Waals surface area contributed by atoms with Crippen LogP contribution < -0.4 is 20.1 Å². The van der Waals surface area contributed by atoms with Gasteiger partial charge in [-0.3, -0.25) is 4.79 Å². The number of carbonyl (C=O) groups is 1. The van der Waals surface area contributed by atoms with E-state index < -0.39 is 6.04 Å². The van der Waals surface area contributed by atoms with E-state index in [9.17, 15) is 4.79 Å². The highest BCUT2D eigenvalue weighted by Crippen LogP contribution is 2.39. The van der Waals surface area contributed by atoms with Crippen molar-refractivity contribution in [2.24, 2.45) is 0 Å². The Balaban J connectivity index is 1.46. The Morgan fingerprint density at radius 1 is 1.00 bits per heavy atom. The number of allylic oxidation sites excluding steroid dienone is 1. The summed E-state index contributed by atoms with van der Waals surface area (Å²) >= 11 is 0. The van der Waals surface area contributed by atoms with Crippen molar-refractivity contribution < 1.29 is 14.3 Å². The Bertz CT molecular complexity index is 1630. The van der Waals surface area contributed by atoms with Crippen molar-refractivity contribution in [1.29, 1.82) is 0 Å². The van der Waals surface area contributed by atoms with Crippen LogP contribution in [0.15, 0.2) is 78.3 Å². The van der Waals surface area contributed by atoms with Crippen molar-refractivity contribution in [2.75, 3.05) is 17.2 Å². The fourth-order valence-electron chi connectivity index (χ4n) is 5.11. The Kier molecular flexibility index (Phi) is 8.07. The molecule has 1 aliphatic rings. The van der Waals surface area contributed by atoms with Crippen LogP contribution in [0.1, 0.15) is 68.5 Å². The first kappa shape index (κ1) is 28.9. The van der Waals surface area contributed by atoms with Crippen molar-refractivity contribution in [3.05, 3.63) is 106 Å². The molecule has 8 heteroatoms. The second-order valence-corrected chi connectivity index (χ2v) is 11.7. The zero-order valence-corrected chi connectivity index (χ0v) is 25.4. The first-order chi connectivity index (χ1) is 20.1. The maximum absolute atomic E-state index is 13.9. The lowest BCUT2D eigenvalue weighted by Gasteiger charge is -2.29. The Hall–Kier alpha value is -4.59. The molecule has 1 atom stereocenters. The predicted octanol–water partition coefficient (Wildman–Crippen LogP) is 7.10. The maximum Gasteiger partial charge on any atom is 0.255 e. The number of hydrogen-bond acceptors (Lipinski definition) is 6. The molecule has 1 amide bonds. The number of aromatic nitrogens is 3. The van der Waals surface area contributed by atoms with Gasteiger partial charge in [0, 0.05) is 11.4 Å². The van der Waals surface area contributed by atoms with Crippen molar-refractivity contribution in [3.8, 4) is 11.5 Å². The molecule has 4 aromatic rings. The molecule has 2 heterocycles. The highest BCUT2D eigenvalue weighted by atomic mass is 16.5. The summed E-state index contributed by atoms with van der Waals surface area (Å²) in [7, 11) is 0. The quantitative estimate of drug-likeness (QED) is 0.237. The normalized spacial score (nSPS) is 14.7. The van der Waals surface area contributed by atoms with Crippen LogP contribution in [0.25, 0.3) is 0 Å². The van der Waals surface area contributed by atoms with Crippen LogP contribution in [0, 0.1) is 13.8 Å². The first-order valence-corrected chi connectivity index (χ1v) is 14.3. The Morgan fingerprint density at radius 2 is 1.76 bits per heavy atom. The number of anilines is 2. The SMILES string of the molecule is CCOc1cc(C2C(C(=O)Nc3cccc(C)c3C)=C(C)Nc3ncnn32)ccc1OCc1ccc(C(C)(C)C)cc1. The van der Waals surface area contributed by atoms with E-state index in [-0.39, 0.29) is 11.3 Å². The third-order valence-electron chi connectivity index (χ3n) is 7.69. The van der Waals surface area contributed by atoms with Crippen LogP contribution in [0.4, 0.5) is 11.6 Å². The van der Waals surface area contributed by atoms with Crippen LogP contribution in [0.5, 0.6) is 11.5 Å². The summed E-state index contributed by atoms with van der Waals surface area (Å²) in [6, 6.07) is 19.7. The number of rotatable bonds is 8. The van der Waals surface area contributed by atoms with E-state index >= 15 is 0 Å². The standard InChI is InChI=1S/C34H39N5O3/c1-8-41-29-18-25(14-17-28(29)42-19-24-12-15-26(16-13-24)34(5,6)7)31-30(23(4)37-33-35-20-36-39(31)33)32(40)38-27-11-9-10-21(2)22(27)3/h9-18,20,31H,8,19H2,1-7H3,(H,38,40)(H,35,36,37). The topological polar surface area (TPSA) is 90.3 Å². The zero-order chi connectivity index (χ0) is 30.0. The van der Waals surface area contributed by atoms with Gasteiger partial charge in [0.2, 0.25) is 5.95 Å². The monoisotopic (exact) mass is 565 g/mol. The van der Waals surface area contributed by atoms with Gasteiger partial charge in [0.05, 0.1) is 12.2 Å². The molecule has 1 aliphatic heterocycles. The van der Waals surface area contributed by atoms with Gasteiger partial charge < -0.3 is 20.1 Å². The lowest BCUT2D eigenvalue weighted by atomic mass is 9.87. The minimum absolute atomic E-state index is 0.0946. The molecule has 218 valence electrons. The summed E-state index contributed by atoms with van der Waals surface area (Å²) in [5.41, 5.74) is 7.44. The molecule has 5 rings (SSSR count). The van der Waals surface area contributed by atoms with Gasteiger partial charge in [-0.15, -0.1) is 0 Å². The van der Waals surface area contributed by atoms with Crippen molar-refractivity contribution in [1.82, 2.24) is 14.8 Å². The smallest absolute Gasteiger partial charge is 0.255 e. The van der Waals surface area contributed by atoms with E-state index in [0.717, 1.165) is 27.9 Å². The highest BCUT2D eigenvalue weighted by molar-refractivity contribution is 6.06.